The zero-order chi connectivity index (χ0) is 15.5. The molecule has 0 aliphatic carbocycles. The molecule has 0 aliphatic rings. The molecule has 0 heterocycles. The number of methoxy groups -OCH3 is 1. The molecule has 20 heavy (non-hydrogen) atoms. The lowest BCUT2D eigenvalue weighted by molar-refractivity contribution is -0.385. The molecule has 0 saturated heterocycles. The van der Waals surface area contributed by atoms with Gasteiger partial charge in [0, 0.05) is 11.0 Å². The molecule has 0 saturated carbocycles. The summed E-state index contributed by atoms with van der Waals surface area (Å²) in [4.78, 5) is 20.6. The number of thioether (sulfide) groups is 1. The summed E-state index contributed by atoms with van der Waals surface area (Å²) in [5.41, 5.74) is -6.80. The third kappa shape index (κ3) is 3.61. The van der Waals surface area contributed by atoms with Crippen LogP contribution in [0.2, 0.25) is 0 Å². The number of hydrogen-bond donors (Lipinski definition) is 0. The molecule has 0 unspecified atom stereocenters. The molecule has 0 amide bonds. The quantitative estimate of drug-likeness (QED) is 0.369. The van der Waals surface area contributed by atoms with Crippen LogP contribution in [0.3, 0.4) is 0 Å². The van der Waals surface area contributed by atoms with E-state index in [4.69, 9.17) is 5.26 Å². The normalized spacial score (nSPS) is 10.8. The second-order valence-electron chi connectivity index (χ2n) is 3.27. The van der Waals surface area contributed by atoms with Crippen molar-refractivity contribution in [3.05, 3.63) is 33.4 Å². The fourth-order valence-corrected chi connectivity index (χ4v) is 1.94. The van der Waals surface area contributed by atoms with Gasteiger partial charge >= 0.3 is 11.5 Å². The zero-order valence-electron chi connectivity index (χ0n) is 9.72. The van der Waals surface area contributed by atoms with E-state index < -0.39 is 49.9 Å². The van der Waals surface area contributed by atoms with E-state index in [0.717, 1.165) is 13.2 Å². The van der Waals surface area contributed by atoms with Crippen LogP contribution in [0.1, 0.15) is 15.9 Å². The number of nitriles is 1. The average Bonchev–Trinajstić information content (AvgIpc) is 2.34. The van der Waals surface area contributed by atoms with Gasteiger partial charge in [-0.1, -0.05) is 0 Å². The molecule has 106 valence electrons. The van der Waals surface area contributed by atoms with Crippen molar-refractivity contribution in [2.24, 2.45) is 0 Å². The van der Waals surface area contributed by atoms with Crippen LogP contribution in [0.4, 0.5) is 18.9 Å². The van der Waals surface area contributed by atoms with E-state index in [1.165, 1.54) is 6.07 Å². The second kappa shape index (κ2) is 5.79. The van der Waals surface area contributed by atoms with E-state index >= 15 is 0 Å². The minimum atomic E-state index is -4.69. The maximum Gasteiger partial charge on any atom is 0.446 e. The Morgan fingerprint density at radius 1 is 1.50 bits per heavy atom. The van der Waals surface area contributed by atoms with Crippen LogP contribution in [-0.4, -0.2) is 23.5 Å². The van der Waals surface area contributed by atoms with E-state index in [2.05, 4.69) is 4.74 Å². The number of carbonyl (C=O) groups excluding carboxylic acids is 1. The Bertz CT molecular complexity index is 610. The number of esters is 1. The Morgan fingerprint density at radius 3 is 2.50 bits per heavy atom. The fraction of sp³-hybridized carbons (Fsp3) is 0.200. The first-order chi connectivity index (χ1) is 9.19. The molecule has 0 aromatic heterocycles. The summed E-state index contributed by atoms with van der Waals surface area (Å²) in [6.07, 6.45) is 0. The molecule has 6 nitrogen and oxygen atoms in total. The molecule has 0 bridgehead atoms. The van der Waals surface area contributed by atoms with Crippen molar-refractivity contribution in [2.75, 3.05) is 7.11 Å². The standard InChI is InChI=1S/C10H5F3N2O4S/c1-19-9(16)6-2-5(20-10(11,12)13)3-8(15(17)18)7(6)4-14/h2-3H,1H3. The lowest BCUT2D eigenvalue weighted by Gasteiger charge is -2.08. The van der Waals surface area contributed by atoms with Gasteiger partial charge in [0.2, 0.25) is 0 Å². The largest absolute Gasteiger partial charge is 0.465 e. The zero-order valence-corrected chi connectivity index (χ0v) is 10.5. The molecule has 10 heteroatoms. The molecule has 0 N–H and O–H groups in total. The van der Waals surface area contributed by atoms with E-state index in [1.807, 2.05) is 0 Å². The monoisotopic (exact) mass is 306 g/mol. The highest BCUT2D eigenvalue weighted by molar-refractivity contribution is 8.00. The Hall–Kier alpha value is -2.28. The second-order valence-corrected chi connectivity index (χ2v) is 4.41. The van der Waals surface area contributed by atoms with Crippen LogP contribution in [-0.2, 0) is 4.74 Å². The third-order valence-electron chi connectivity index (χ3n) is 2.04. The Morgan fingerprint density at radius 2 is 2.10 bits per heavy atom. The first-order valence-corrected chi connectivity index (χ1v) is 5.58. The predicted molar refractivity (Wildman–Crippen MR) is 61.1 cm³/mol. The van der Waals surface area contributed by atoms with Crippen molar-refractivity contribution in [1.29, 1.82) is 5.26 Å². The minimum Gasteiger partial charge on any atom is -0.465 e. The topological polar surface area (TPSA) is 93.2 Å². The lowest BCUT2D eigenvalue weighted by Crippen LogP contribution is -2.08. The van der Waals surface area contributed by atoms with Crippen molar-refractivity contribution < 1.29 is 27.6 Å². The van der Waals surface area contributed by atoms with E-state index in [-0.39, 0.29) is 0 Å². The number of rotatable bonds is 3. The molecular weight excluding hydrogens is 301 g/mol. The number of carbonyl (C=O) groups is 1. The summed E-state index contributed by atoms with van der Waals surface area (Å²) in [5.74, 6) is -1.13. The Labute approximate surface area is 114 Å². The lowest BCUT2D eigenvalue weighted by atomic mass is 10.1. The molecule has 1 aromatic rings. The number of hydrogen-bond acceptors (Lipinski definition) is 6. The van der Waals surface area contributed by atoms with Crippen LogP contribution in [0, 0.1) is 21.4 Å². The minimum absolute atomic E-state index is 0.580. The van der Waals surface area contributed by atoms with E-state index in [0.29, 0.717) is 6.07 Å². The number of benzene rings is 1. The smallest absolute Gasteiger partial charge is 0.446 e. The molecule has 0 fully saturated rings. The molecule has 0 aliphatic heterocycles. The van der Waals surface area contributed by atoms with Gasteiger partial charge in [0.05, 0.1) is 17.6 Å². The van der Waals surface area contributed by atoms with Crippen molar-refractivity contribution in [3.8, 4) is 6.07 Å². The van der Waals surface area contributed by atoms with Crippen LogP contribution >= 0.6 is 11.8 Å². The van der Waals surface area contributed by atoms with E-state index in [9.17, 15) is 28.1 Å². The average molecular weight is 306 g/mol. The van der Waals surface area contributed by atoms with Gasteiger partial charge < -0.3 is 4.74 Å². The number of nitrogens with zero attached hydrogens (tertiary/aromatic N) is 2. The highest BCUT2D eigenvalue weighted by atomic mass is 32.2. The van der Waals surface area contributed by atoms with Crippen molar-refractivity contribution in [3.63, 3.8) is 0 Å². The van der Waals surface area contributed by atoms with Gasteiger partial charge in [-0.25, -0.2) is 4.79 Å². The van der Waals surface area contributed by atoms with Crippen LogP contribution in [0.25, 0.3) is 0 Å². The molecule has 0 spiro atoms. The molecule has 1 aromatic carbocycles. The van der Waals surface area contributed by atoms with E-state index in [1.54, 1.807) is 0 Å². The number of alkyl halides is 3. The van der Waals surface area contributed by atoms with Crippen LogP contribution in [0.5, 0.6) is 0 Å². The van der Waals surface area contributed by atoms with Gasteiger partial charge in [0.25, 0.3) is 5.69 Å². The van der Waals surface area contributed by atoms with Crippen molar-refractivity contribution in [2.45, 2.75) is 10.4 Å². The van der Waals surface area contributed by atoms with Crippen LogP contribution in [0.15, 0.2) is 17.0 Å². The highest BCUT2D eigenvalue weighted by Gasteiger charge is 2.32. The molecule has 0 radical (unpaired) electrons. The summed E-state index contributed by atoms with van der Waals surface area (Å²) in [5, 5.41) is 19.6. The molecule has 0 atom stereocenters. The van der Waals surface area contributed by atoms with Crippen molar-refractivity contribution >= 4 is 23.4 Å². The Kier molecular flexibility index (Phi) is 4.57. The number of nitro benzene ring substituents is 1. The molecule has 1 rings (SSSR count). The predicted octanol–water partition coefficient (Wildman–Crippen LogP) is 2.86. The van der Waals surface area contributed by atoms with Gasteiger partial charge in [-0.3, -0.25) is 10.1 Å². The first kappa shape index (κ1) is 15.8. The molecular formula is C10H5F3N2O4S. The third-order valence-corrected chi connectivity index (χ3v) is 2.74. The van der Waals surface area contributed by atoms with Gasteiger partial charge in [0.1, 0.15) is 11.6 Å². The van der Waals surface area contributed by atoms with Gasteiger partial charge in [-0.05, 0) is 17.8 Å². The Balaban J connectivity index is 3.53. The SMILES string of the molecule is COC(=O)c1cc(SC(F)(F)F)cc([N+](=O)[O-])c1C#N. The summed E-state index contributed by atoms with van der Waals surface area (Å²) in [6, 6.07) is 2.74. The number of halogens is 3. The summed E-state index contributed by atoms with van der Waals surface area (Å²) in [6.45, 7) is 0. The summed E-state index contributed by atoms with van der Waals surface area (Å²) < 4.78 is 41.1. The maximum absolute atomic E-state index is 12.3. The van der Waals surface area contributed by atoms with Gasteiger partial charge in [0.15, 0.2) is 0 Å². The first-order valence-electron chi connectivity index (χ1n) is 4.76. The summed E-state index contributed by atoms with van der Waals surface area (Å²) in [7, 11) is 0.943. The van der Waals surface area contributed by atoms with Gasteiger partial charge in [-0.15, -0.1) is 0 Å². The van der Waals surface area contributed by atoms with Crippen LogP contribution < -0.4 is 0 Å². The number of nitro groups is 1. The highest BCUT2D eigenvalue weighted by Crippen LogP contribution is 2.39. The number of ether oxygens (including phenoxy) is 1. The summed E-state index contributed by atoms with van der Waals surface area (Å²) >= 11 is -0.628. The maximum atomic E-state index is 12.3. The van der Waals surface area contributed by atoms with Gasteiger partial charge in [-0.2, -0.15) is 18.4 Å². The van der Waals surface area contributed by atoms with Crippen molar-refractivity contribution in [1.82, 2.24) is 0 Å². The fourth-order valence-electron chi connectivity index (χ4n) is 1.33.